The molecule has 548 valence electrons. The van der Waals surface area contributed by atoms with Crippen LogP contribution in [-0.4, -0.2) is 287 Å². The van der Waals surface area contributed by atoms with Gasteiger partial charge in [-0.1, -0.05) is 81.4 Å². The molecule has 2 fully saturated rings. The summed E-state index contributed by atoms with van der Waals surface area (Å²) >= 11 is 0. The molecule has 29 heteroatoms. The Kier molecular flexibility index (Phi) is 31.0. The van der Waals surface area contributed by atoms with Crippen molar-refractivity contribution in [3.8, 4) is 0 Å². The second-order valence-corrected chi connectivity index (χ2v) is 27.1. The molecule has 0 radical (unpaired) electrons. The molecule has 2 aromatic carbocycles. The lowest BCUT2D eigenvalue weighted by atomic mass is 10.00. The Morgan fingerprint density at radius 3 is 1.56 bits per heavy atom. The predicted octanol–water partition coefficient (Wildman–Crippen LogP) is -0.238. The Labute approximate surface area is 582 Å². The third-order valence-corrected chi connectivity index (χ3v) is 19.2. The summed E-state index contributed by atoms with van der Waals surface area (Å²) in [4.78, 5) is 212. The van der Waals surface area contributed by atoms with Gasteiger partial charge in [0.05, 0.1) is 18.4 Å². The lowest BCUT2D eigenvalue weighted by molar-refractivity contribution is -0.152. The van der Waals surface area contributed by atoms with Crippen LogP contribution in [0.3, 0.4) is 0 Å². The third-order valence-electron chi connectivity index (χ3n) is 19.2. The van der Waals surface area contributed by atoms with E-state index in [-0.39, 0.29) is 37.6 Å². The highest BCUT2D eigenvalue weighted by Gasteiger charge is 2.43. The van der Waals surface area contributed by atoms with Crippen LogP contribution in [0.25, 0.3) is 0 Å². The molecule has 4 rings (SSSR count). The fourth-order valence-electron chi connectivity index (χ4n) is 11.7. The van der Waals surface area contributed by atoms with Gasteiger partial charge in [0.2, 0.25) is 82.7 Å². The van der Waals surface area contributed by atoms with Gasteiger partial charge in [-0.2, -0.15) is 0 Å². The largest absolute Gasteiger partial charge is 0.391 e. The zero-order valence-electron chi connectivity index (χ0n) is 61.2. The van der Waals surface area contributed by atoms with E-state index >= 15 is 4.79 Å². The summed E-state index contributed by atoms with van der Waals surface area (Å²) in [5.74, 6) is -12.0. The molecule has 0 unspecified atom stereocenters. The SMILES string of the molecule is CC(C)C[C@H]1C(=O)N(C)[C@@H](C)C(=O)N[C@@H](C)C(=O)N(C)[C@@H](C)C(=O)N[C@@H](Cc2ccccc2)C(=O)N(C)C[C@@H](C)C(=O)N[C@@H]([C@@H](C)O)C(=O)N(C)[C@@H](C)C(=O)N(C)[C@@H](C)C(=O)N[C@H](C(=O)N(C)[C@@H](Cc2ccccc2)C(=O)N[C@@H](C)C(=O)N2CCCCC2)CC(=O)N(C)[C@@H](C)C(=O)N1C. The summed E-state index contributed by atoms with van der Waals surface area (Å²) in [7, 11) is 10.5. The number of benzene rings is 2. The van der Waals surface area contributed by atoms with E-state index in [9.17, 15) is 67.4 Å². The first-order chi connectivity index (χ1) is 46.2. The van der Waals surface area contributed by atoms with Crippen molar-refractivity contribution >= 4 is 82.7 Å². The number of likely N-dealkylation sites (N-methyl/N-ethyl adjacent to an activating group) is 8. The maximum Gasteiger partial charge on any atom is 0.248 e. The van der Waals surface area contributed by atoms with Crippen LogP contribution in [0.1, 0.15) is 119 Å². The number of carbonyl (C=O) groups excluding carboxylic acids is 14. The van der Waals surface area contributed by atoms with Crippen LogP contribution in [0, 0.1) is 11.8 Å². The van der Waals surface area contributed by atoms with Gasteiger partial charge >= 0.3 is 0 Å². The van der Waals surface area contributed by atoms with Crippen LogP contribution in [0.4, 0.5) is 0 Å². The molecule has 0 aromatic heterocycles. The van der Waals surface area contributed by atoms with Crippen LogP contribution in [-0.2, 0) is 80.0 Å². The van der Waals surface area contributed by atoms with Gasteiger partial charge in [-0.3, -0.25) is 67.1 Å². The highest BCUT2D eigenvalue weighted by molar-refractivity contribution is 6.00. The van der Waals surface area contributed by atoms with Gasteiger partial charge < -0.3 is 75.8 Å². The molecule has 2 aliphatic rings. The van der Waals surface area contributed by atoms with E-state index in [1.165, 1.54) is 124 Å². The summed E-state index contributed by atoms with van der Waals surface area (Å²) < 4.78 is 0. The molecular formula is C70H108N14O15. The lowest BCUT2D eigenvalue weighted by Crippen LogP contribution is -2.61. The molecule has 0 spiro atoms. The molecule has 99 heavy (non-hydrogen) atoms. The van der Waals surface area contributed by atoms with Gasteiger partial charge in [0.25, 0.3) is 0 Å². The maximum atomic E-state index is 15.3. The van der Waals surface area contributed by atoms with E-state index in [1.807, 2.05) is 13.8 Å². The number of piperidine rings is 1. The highest BCUT2D eigenvalue weighted by atomic mass is 16.3. The number of nitrogens with zero attached hydrogens (tertiary/aromatic N) is 9. The number of nitrogens with one attached hydrogen (secondary N) is 5. The van der Waals surface area contributed by atoms with Crippen molar-refractivity contribution in [1.29, 1.82) is 0 Å². The van der Waals surface area contributed by atoms with E-state index in [1.54, 1.807) is 65.6 Å². The zero-order chi connectivity index (χ0) is 74.8. The summed E-state index contributed by atoms with van der Waals surface area (Å²) in [5.41, 5.74) is 1.26. The van der Waals surface area contributed by atoms with E-state index in [2.05, 4.69) is 26.6 Å². The molecule has 0 bridgehead atoms. The molecule has 6 N–H and O–H groups in total. The maximum absolute atomic E-state index is 15.3. The fraction of sp³-hybridized carbons (Fsp3) is 0.629. The number of hydrogen-bond acceptors (Lipinski definition) is 15. The fourth-order valence-corrected chi connectivity index (χ4v) is 11.7. The standard InChI is InChI=1S/C70H108N14O15/c1-40(2)35-55-69(98)80(16)44(6)59(88)71-42(4)63(92)78(14)45(7)60(89)73-52(36-50-29-23-20-24-30-50)67(96)76(12)39-41(3)58(87)75-57(49(11)85)70(99)81(17)48(10)65(94)79(15)46(8)61(90)74-53(38-56(86)77(13)47(9)66(95)83(55)19)68(97)82(18)54(37-51-31-25-21-26-32-51)62(91)72-43(5)64(93)84-33-27-22-28-34-84/h20-21,23-26,29-32,40-49,52-55,57,85H,22,27-28,33-39H2,1-19H3,(H,71,88)(H,72,91)(H,73,89)(H,74,90)(H,75,87)/t41-,42+,43+,44+,45+,46+,47+,48+,49-,52+,53+,54+,55+,57+/m1/s1. The van der Waals surface area contributed by atoms with Gasteiger partial charge in [-0.25, -0.2) is 0 Å². The predicted molar refractivity (Wildman–Crippen MR) is 369 cm³/mol. The quantitative estimate of drug-likeness (QED) is 0.160. The summed E-state index contributed by atoms with van der Waals surface area (Å²) in [5, 5.41) is 24.3. The van der Waals surface area contributed by atoms with Gasteiger partial charge in [-0.15, -0.1) is 0 Å². The average molecular weight is 1390 g/mol. The number of rotatable bonds is 12. The Hall–Kier alpha value is -9.02. The second-order valence-electron chi connectivity index (χ2n) is 27.1. The van der Waals surface area contributed by atoms with Crippen molar-refractivity contribution in [2.75, 3.05) is 76.0 Å². The first-order valence-electron chi connectivity index (χ1n) is 33.9. The van der Waals surface area contributed by atoms with E-state index < -0.39 is 168 Å². The van der Waals surface area contributed by atoms with Crippen molar-refractivity contribution in [2.24, 2.45) is 11.8 Å². The molecule has 2 heterocycles. The minimum absolute atomic E-state index is 0.0191. The molecule has 0 saturated carbocycles. The minimum Gasteiger partial charge on any atom is -0.391 e. The van der Waals surface area contributed by atoms with Crippen molar-refractivity contribution in [3.63, 3.8) is 0 Å². The molecule has 14 atom stereocenters. The Bertz CT molecular complexity index is 3200. The Balaban J connectivity index is 1.82. The molecule has 14 amide bonds. The number of carbonyl (C=O) groups is 14. The second kappa shape index (κ2) is 37.2. The van der Waals surface area contributed by atoms with Crippen molar-refractivity contribution < 1.29 is 72.2 Å². The zero-order valence-corrected chi connectivity index (χ0v) is 61.2. The van der Waals surface area contributed by atoms with Crippen LogP contribution in [0.2, 0.25) is 0 Å². The average Bonchev–Trinajstić information content (AvgIpc) is 0.833. The van der Waals surface area contributed by atoms with E-state index in [0.29, 0.717) is 24.2 Å². The van der Waals surface area contributed by atoms with Crippen molar-refractivity contribution in [2.45, 2.75) is 200 Å². The third kappa shape index (κ3) is 22.0. The van der Waals surface area contributed by atoms with E-state index in [0.717, 1.165) is 53.6 Å². The first kappa shape index (κ1) is 82.4. The molecule has 2 aromatic rings. The monoisotopic (exact) mass is 1380 g/mol. The topological polar surface area (TPSA) is 349 Å². The highest BCUT2D eigenvalue weighted by Crippen LogP contribution is 2.21. The Morgan fingerprint density at radius 2 is 1.02 bits per heavy atom. The first-order valence-corrected chi connectivity index (χ1v) is 33.9. The number of likely N-dealkylation sites (tertiary alicyclic amines) is 1. The Morgan fingerprint density at radius 1 is 0.545 bits per heavy atom. The number of aliphatic hydroxyl groups excluding tert-OH is 1. The van der Waals surface area contributed by atoms with Gasteiger partial charge in [0.1, 0.15) is 72.5 Å². The van der Waals surface area contributed by atoms with Crippen LogP contribution < -0.4 is 26.6 Å². The molecule has 0 aliphatic carbocycles. The van der Waals surface area contributed by atoms with Crippen LogP contribution in [0.15, 0.2) is 60.7 Å². The molecule has 29 nitrogen and oxygen atoms in total. The summed E-state index contributed by atoms with van der Waals surface area (Å²) in [6, 6.07) is 1.15. The smallest absolute Gasteiger partial charge is 0.248 e. The van der Waals surface area contributed by atoms with Crippen LogP contribution >= 0.6 is 0 Å². The van der Waals surface area contributed by atoms with Crippen molar-refractivity contribution in [3.05, 3.63) is 71.8 Å². The summed E-state index contributed by atoms with van der Waals surface area (Å²) in [6.45, 7) is 16.9. The van der Waals surface area contributed by atoms with Gasteiger partial charge in [0, 0.05) is 88.9 Å². The molecule has 2 saturated heterocycles. The van der Waals surface area contributed by atoms with Gasteiger partial charge in [-0.05, 0) is 98.1 Å². The van der Waals surface area contributed by atoms with E-state index in [4.69, 9.17) is 0 Å². The normalized spacial score (nSPS) is 26.4. The van der Waals surface area contributed by atoms with Crippen LogP contribution in [0.5, 0.6) is 0 Å². The lowest BCUT2D eigenvalue weighted by Gasteiger charge is -2.37. The van der Waals surface area contributed by atoms with Crippen molar-refractivity contribution in [1.82, 2.24) is 70.7 Å². The number of hydrogen-bond donors (Lipinski definition) is 6. The summed E-state index contributed by atoms with van der Waals surface area (Å²) in [6.07, 6.45) is 0.115. The minimum atomic E-state index is -1.82. The molecular weight excluding hydrogens is 1280 g/mol. The van der Waals surface area contributed by atoms with Gasteiger partial charge in [0.15, 0.2) is 0 Å². The molecule has 2 aliphatic heterocycles. The number of aliphatic hydroxyl groups is 1. The number of amides is 14.